The summed E-state index contributed by atoms with van der Waals surface area (Å²) < 4.78 is 0. The van der Waals surface area contributed by atoms with E-state index in [9.17, 15) is 4.79 Å². The Kier molecular flexibility index (Phi) is 3.87. The minimum absolute atomic E-state index is 0.121. The molecule has 0 fully saturated rings. The number of allylic oxidation sites excluding steroid dienone is 4. The largest absolute Gasteiger partial charge is 0.341 e. The van der Waals surface area contributed by atoms with Gasteiger partial charge in [-0.05, 0) is 48.9 Å². The number of anilines is 1. The highest BCUT2D eigenvalue weighted by Crippen LogP contribution is 2.40. The van der Waals surface area contributed by atoms with Crippen LogP contribution in [0.1, 0.15) is 22.8 Å². The topological polar surface area (TPSA) is 20.3 Å². The van der Waals surface area contributed by atoms with Gasteiger partial charge in [-0.2, -0.15) is 0 Å². The van der Waals surface area contributed by atoms with Crippen molar-refractivity contribution in [1.29, 1.82) is 0 Å². The van der Waals surface area contributed by atoms with Crippen molar-refractivity contribution in [1.82, 2.24) is 0 Å². The number of hydrogen-bond acceptors (Lipinski definition) is 3. The molecule has 4 rings (SSSR count). The fraction of sp³-hybridized carbons (Fsp3) is 0.0952. The number of fused-ring (bicyclic) bond motifs is 2. The zero-order valence-electron chi connectivity index (χ0n) is 13.4. The third-order valence-corrected chi connectivity index (χ3v) is 5.39. The van der Waals surface area contributed by atoms with Crippen LogP contribution in [0.15, 0.2) is 82.3 Å². The lowest BCUT2D eigenvalue weighted by Crippen LogP contribution is -2.23. The summed E-state index contributed by atoms with van der Waals surface area (Å²) >= 11 is 1.55. The number of carbonyl (C=O) groups excluding carboxylic acids is 1. The zero-order chi connectivity index (χ0) is 16.5. The van der Waals surface area contributed by atoms with Gasteiger partial charge in [0, 0.05) is 28.4 Å². The molecule has 118 valence electrons. The molecule has 2 aliphatic heterocycles. The molecule has 0 N–H and O–H groups in total. The van der Waals surface area contributed by atoms with Crippen molar-refractivity contribution in [2.24, 2.45) is 0 Å². The summed E-state index contributed by atoms with van der Waals surface area (Å²) in [5, 5.41) is 0. The normalized spacial score (nSPS) is 19.0. The first kappa shape index (κ1) is 15.0. The highest BCUT2D eigenvalue weighted by Gasteiger charge is 2.24. The van der Waals surface area contributed by atoms with Gasteiger partial charge in [-0.3, -0.25) is 4.79 Å². The van der Waals surface area contributed by atoms with Gasteiger partial charge in [0.05, 0.1) is 4.91 Å². The number of hydrogen-bond donors (Lipinski definition) is 0. The Balaban J connectivity index is 1.67. The fourth-order valence-electron chi connectivity index (χ4n) is 3.09. The molecule has 0 amide bonds. The third-order valence-electron chi connectivity index (χ3n) is 4.27. The lowest BCUT2D eigenvalue weighted by molar-refractivity contribution is 0.104. The van der Waals surface area contributed by atoms with Gasteiger partial charge >= 0.3 is 0 Å². The number of Topliss-reactive ketones (excluding diaryl/α,β-unsaturated/α-hetero) is 1. The first-order valence-electron chi connectivity index (χ1n) is 8.06. The van der Waals surface area contributed by atoms with Crippen molar-refractivity contribution in [3.8, 4) is 0 Å². The van der Waals surface area contributed by atoms with E-state index in [2.05, 4.69) is 48.2 Å². The SMILES string of the molecule is CCN1/C(=C\C=C2\Sc3ccccc3C2=O)C=Cc2ccccc21. The van der Waals surface area contributed by atoms with E-state index < -0.39 is 0 Å². The molecule has 0 radical (unpaired) electrons. The van der Waals surface area contributed by atoms with Crippen molar-refractivity contribution in [2.45, 2.75) is 11.8 Å². The minimum atomic E-state index is 0.121. The van der Waals surface area contributed by atoms with Crippen LogP contribution in [0.3, 0.4) is 0 Å². The quantitative estimate of drug-likeness (QED) is 0.697. The molecule has 0 bridgehead atoms. The van der Waals surface area contributed by atoms with E-state index in [1.165, 1.54) is 11.3 Å². The molecule has 2 aromatic rings. The molecule has 0 aromatic heterocycles. The number of nitrogens with zero attached hydrogens (tertiary/aromatic N) is 1. The highest BCUT2D eigenvalue weighted by atomic mass is 32.2. The number of likely N-dealkylation sites (N-methyl/N-ethyl adjacent to an activating group) is 1. The van der Waals surface area contributed by atoms with Crippen molar-refractivity contribution in [3.05, 3.63) is 88.5 Å². The van der Waals surface area contributed by atoms with Crippen LogP contribution < -0.4 is 4.90 Å². The van der Waals surface area contributed by atoms with Crippen molar-refractivity contribution in [2.75, 3.05) is 11.4 Å². The van der Waals surface area contributed by atoms with Crippen LogP contribution >= 0.6 is 11.8 Å². The molecule has 2 nitrogen and oxygen atoms in total. The second-order valence-corrected chi connectivity index (χ2v) is 6.77. The Morgan fingerprint density at radius 2 is 1.79 bits per heavy atom. The van der Waals surface area contributed by atoms with Gasteiger partial charge in [0.15, 0.2) is 0 Å². The Labute approximate surface area is 146 Å². The van der Waals surface area contributed by atoms with Crippen LogP contribution in [0.2, 0.25) is 0 Å². The summed E-state index contributed by atoms with van der Waals surface area (Å²) in [5.74, 6) is 0.121. The molecule has 0 saturated heterocycles. The van der Waals surface area contributed by atoms with Crippen LogP contribution in [0, 0.1) is 0 Å². The Bertz CT molecular complexity index is 908. The minimum Gasteiger partial charge on any atom is -0.341 e. The monoisotopic (exact) mass is 331 g/mol. The van der Waals surface area contributed by atoms with E-state index in [-0.39, 0.29) is 5.78 Å². The smallest absolute Gasteiger partial charge is 0.200 e. The highest BCUT2D eigenvalue weighted by molar-refractivity contribution is 8.04. The van der Waals surface area contributed by atoms with Crippen molar-refractivity contribution in [3.63, 3.8) is 0 Å². The average Bonchev–Trinajstić information content (AvgIpc) is 2.95. The molecule has 0 spiro atoms. The number of rotatable bonds is 2. The Hall–Kier alpha value is -2.52. The molecular formula is C21H17NOS. The van der Waals surface area contributed by atoms with E-state index in [0.717, 1.165) is 27.6 Å². The third kappa shape index (κ3) is 2.51. The summed E-state index contributed by atoms with van der Waals surface area (Å²) in [7, 11) is 0. The van der Waals surface area contributed by atoms with Crippen LogP contribution in [0.4, 0.5) is 5.69 Å². The molecule has 0 unspecified atom stereocenters. The Morgan fingerprint density at radius 1 is 1.00 bits per heavy atom. The second kappa shape index (κ2) is 6.17. The van der Waals surface area contributed by atoms with E-state index >= 15 is 0 Å². The summed E-state index contributed by atoms with van der Waals surface area (Å²) in [6.07, 6.45) is 8.23. The molecule has 2 aliphatic rings. The lowest BCUT2D eigenvalue weighted by Gasteiger charge is -2.29. The van der Waals surface area contributed by atoms with Crippen LogP contribution in [0.25, 0.3) is 6.08 Å². The predicted molar refractivity (Wildman–Crippen MR) is 101 cm³/mol. The average molecular weight is 331 g/mol. The number of carbonyl (C=O) groups is 1. The van der Waals surface area contributed by atoms with Gasteiger partial charge in [0.25, 0.3) is 0 Å². The van der Waals surface area contributed by atoms with E-state index in [1.54, 1.807) is 11.8 Å². The first-order valence-corrected chi connectivity index (χ1v) is 8.88. The van der Waals surface area contributed by atoms with E-state index in [4.69, 9.17) is 0 Å². The standard InChI is InChI=1S/C21H17NOS/c1-2-22-16(12-11-15-7-3-5-9-18(15)22)13-14-20-21(23)17-8-4-6-10-19(17)24-20/h3-14H,2H2,1H3/b16-13-,20-14+. The maximum atomic E-state index is 12.5. The van der Waals surface area contributed by atoms with Gasteiger partial charge in [-0.25, -0.2) is 0 Å². The summed E-state index contributed by atoms with van der Waals surface area (Å²) in [4.78, 5) is 16.6. The first-order chi connectivity index (χ1) is 11.8. The number of benzene rings is 2. The van der Waals surface area contributed by atoms with Crippen molar-refractivity contribution >= 4 is 29.3 Å². The summed E-state index contributed by atoms with van der Waals surface area (Å²) in [6.45, 7) is 3.03. The molecule has 0 atom stereocenters. The van der Waals surface area contributed by atoms with Crippen LogP contribution in [-0.2, 0) is 0 Å². The van der Waals surface area contributed by atoms with Crippen molar-refractivity contribution < 1.29 is 4.79 Å². The molecule has 0 saturated carbocycles. The van der Waals surface area contributed by atoms with Crippen LogP contribution in [-0.4, -0.2) is 12.3 Å². The summed E-state index contributed by atoms with van der Waals surface area (Å²) in [6, 6.07) is 16.2. The molecule has 2 heterocycles. The maximum Gasteiger partial charge on any atom is 0.200 e. The van der Waals surface area contributed by atoms with Gasteiger partial charge < -0.3 is 4.90 Å². The fourth-order valence-corrected chi connectivity index (χ4v) is 4.08. The Morgan fingerprint density at radius 3 is 2.62 bits per heavy atom. The van der Waals surface area contributed by atoms with Gasteiger partial charge in [0.1, 0.15) is 0 Å². The van der Waals surface area contributed by atoms with Gasteiger partial charge in [-0.15, -0.1) is 0 Å². The predicted octanol–water partition coefficient (Wildman–Crippen LogP) is 5.30. The van der Waals surface area contributed by atoms with E-state index in [0.29, 0.717) is 0 Å². The molecule has 2 aromatic carbocycles. The van der Waals surface area contributed by atoms with Crippen LogP contribution in [0.5, 0.6) is 0 Å². The van der Waals surface area contributed by atoms with Gasteiger partial charge in [0.2, 0.25) is 5.78 Å². The zero-order valence-corrected chi connectivity index (χ0v) is 14.2. The number of thioether (sulfide) groups is 1. The summed E-state index contributed by atoms with van der Waals surface area (Å²) in [5.41, 5.74) is 4.35. The molecule has 3 heteroatoms. The maximum absolute atomic E-state index is 12.5. The molecular weight excluding hydrogens is 314 g/mol. The van der Waals surface area contributed by atoms with Gasteiger partial charge in [-0.1, -0.05) is 48.2 Å². The second-order valence-electron chi connectivity index (χ2n) is 5.69. The number of ketones is 1. The molecule has 24 heavy (non-hydrogen) atoms. The number of para-hydroxylation sites is 1. The molecule has 0 aliphatic carbocycles. The van der Waals surface area contributed by atoms with E-state index in [1.807, 2.05) is 36.4 Å². The lowest BCUT2D eigenvalue weighted by atomic mass is 10.1.